The topological polar surface area (TPSA) is 0 Å². The van der Waals surface area contributed by atoms with Crippen LogP contribution in [0.5, 0.6) is 0 Å². The normalized spacial score (nSPS) is 12.2. The van der Waals surface area contributed by atoms with E-state index in [2.05, 4.69) is 182 Å². The molecule has 0 aliphatic heterocycles. The second-order valence-electron chi connectivity index (χ2n) is 14.3. The predicted octanol–water partition coefficient (Wildman–Crippen LogP) is 14.6. The Balaban J connectivity index is 1.08. The van der Waals surface area contributed by atoms with Crippen molar-refractivity contribution in [3.8, 4) is 77.9 Å². The summed E-state index contributed by atoms with van der Waals surface area (Å²) in [6.07, 6.45) is 0. The van der Waals surface area contributed by atoms with E-state index in [9.17, 15) is 0 Å². The summed E-state index contributed by atoms with van der Waals surface area (Å²) in [5.41, 5.74) is 18.3. The molecule has 0 unspecified atom stereocenters. The van der Waals surface area contributed by atoms with Gasteiger partial charge in [-0.2, -0.15) is 0 Å². The number of hydrogen-bond acceptors (Lipinski definition) is 0. The molecule has 0 nitrogen and oxygen atoms in total. The first kappa shape index (κ1) is 28.0. The minimum absolute atomic E-state index is 1.27. The van der Waals surface area contributed by atoms with Crippen LogP contribution in [0.3, 0.4) is 0 Å². The highest BCUT2D eigenvalue weighted by Gasteiger charge is 2.30. The van der Waals surface area contributed by atoms with E-state index in [4.69, 9.17) is 0 Å². The van der Waals surface area contributed by atoms with Crippen molar-refractivity contribution in [3.05, 3.63) is 182 Å². The third-order valence-electron chi connectivity index (χ3n) is 11.8. The maximum atomic E-state index is 2.36. The van der Waals surface area contributed by atoms with Crippen molar-refractivity contribution >= 4 is 43.1 Å². The fourth-order valence-corrected chi connectivity index (χ4v) is 9.65. The molecule has 0 bridgehead atoms. The molecule has 2 aliphatic carbocycles. The zero-order chi connectivity index (χ0) is 33.9. The van der Waals surface area contributed by atoms with Crippen LogP contribution in [-0.4, -0.2) is 0 Å². The van der Waals surface area contributed by atoms with Crippen molar-refractivity contribution in [2.75, 3.05) is 0 Å². The lowest BCUT2D eigenvalue weighted by Crippen LogP contribution is -1.89. The summed E-state index contributed by atoms with van der Waals surface area (Å²) < 4.78 is 0. The van der Waals surface area contributed by atoms with Gasteiger partial charge in [0.05, 0.1) is 0 Å². The minimum atomic E-state index is 1.27. The van der Waals surface area contributed by atoms with Crippen LogP contribution in [0.4, 0.5) is 0 Å². The molecular formula is C52H30. The van der Waals surface area contributed by atoms with Gasteiger partial charge in [0.2, 0.25) is 0 Å². The summed E-state index contributed by atoms with van der Waals surface area (Å²) in [5.74, 6) is 0. The molecule has 0 radical (unpaired) electrons. The van der Waals surface area contributed by atoms with Crippen LogP contribution in [0.25, 0.3) is 121 Å². The molecule has 0 spiro atoms. The Labute approximate surface area is 301 Å². The van der Waals surface area contributed by atoms with E-state index >= 15 is 0 Å². The van der Waals surface area contributed by atoms with E-state index in [1.807, 2.05) is 0 Å². The number of rotatable bonds is 3. The van der Waals surface area contributed by atoms with E-state index in [0.29, 0.717) is 0 Å². The van der Waals surface area contributed by atoms with Gasteiger partial charge in [-0.1, -0.05) is 182 Å². The summed E-state index contributed by atoms with van der Waals surface area (Å²) in [4.78, 5) is 0. The van der Waals surface area contributed by atoms with E-state index in [-0.39, 0.29) is 0 Å². The van der Waals surface area contributed by atoms with Gasteiger partial charge in [0, 0.05) is 0 Å². The largest absolute Gasteiger partial charge is 0.0616 e. The standard InChI is InChI=1S/C52H30/c1-3-15-33-31(11-1)13-5-17-35(33)37-27-29-45-43-23-7-21-41(51(43)47-25-9-19-39(37)49(45)47)42-22-8-24-44-46-30-28-38(40-20-10-26-48(50(40)46)52(42)44)36-18-6-14-32-12-2-4-16-34(32)36/h1-30H. The molecule has 0 heterocycles. The third-order valence-corrected chi connectivity index (χ3v) is 11.8. The molecule has 2 aliphatic rings. The zero-order valence-corrected chi connectivity index (χ0v) is 28.3. The van der Waals surface area contributed by atoms with Gasteiger partial charge in [-0.3, -0.25) is 0 Å². The van der Waals surface area contributed by atoms with Crippen molar-refractivity contribution in [1.29, 1.82) is 0 Å². The second-order valence-corrected chi connectivity index (χ2v) is 14.3. The first-order valence-corrected chi connectivity index (χ1v) is 18.2. The lowest BCUT2D eigenvalue weighted by atomic mass is 9.88. The van der Waals surface area contributed by atoms with Crippen molar-refractivity contribution < 1.29 is 0 Å². The molecule has 10 aromatic carbocycles. The average molecular weight is 655 g/mol. The molecule has 0 amide bonds. The van der Waals surface area contributed by atoms with Gasteiger partial charge in [-0.15, -0.1) is 0 Å². The van der Waals surface area contributed by atoms with Gasteiger partial charge in [-0.05, 0) is 121 Å². The van der Waals surface area contributed by atoms with Gasteiger partial charge >= 0.3 is 0 Å². The van der Waals surface area contributed by atoms with E-state index < -0.39 is 0 Å². The molecule has 0 aromatic heterocycles. The summed E-state index contributed by atoms with van der Waals surface area (Å²) in [6, 6.07) is 67.9. The fraction of sp³-hybridized carbons (Fsp3) is 0. The Morgan fingerprint density at radius 1 is 0.173 bits per heavy atom. The molecule has 0 fully saturated rings. The maximum absolute atomic E-state index is 2.36. The van der Waals surface area contributed by atoms with E-state index in [1.165, 1.54) is 121 Å². The monoisotopic (exact) mass is 654 g/mol. The van der Waals surface area contributed by atoms with Gasteiger partial charge in [-0.25, -0.2) is 0 Å². The van der Waals surface area contributed by atoms with Crippen molar-refractivity contribution in [1.82, 2.24) is 0 Å². The van der Waals surface area contributed by atoms with Gasteiger partial charge in [0.15, 0.2) is 0 Å². The molecule has 12 rings (SSSR count). The summed E-state index contributed by atoms with van der Waals surface area (Å²) in [7, 11) is 0. The van der Waals surface area contributed by atoms with Crippen LogP contribution in [0.15, 0.2) is 182 Å². The Morgan fingerprint density at radius 3 is 0.942 bits per heavy atom. The summed E-state index contributed by atoms with van der Waals surface area (Å²) in [6.45, 7) is 0. The van der Waals surface area contributed by atoms with Crippen molar-refractivity contribution in [2.24, 2.45) is 0 Å². The van der Waals surface area contributed by atoms with Gasteiger partial charge in [0.1, 0.15) is 0 Å². The molecule has 0 saturated heterocycles. The molecule has 0 saturated carbocycles. The van der Waals surface area contributed by atoms with Gasteiger partial charge < -0.3 is 0 Å². The first-order valence-electron chi connectivity index (χ1n) is 18.2. The average Bonchev–Trinajstić information content (AvgIpc) is 3.73. The maximum Gasteiger partial charge on any atom is -0.00199 e. The number of fused-ring (bicyclic) bond motifs is 8. The van der Waals surface area contributed by atoms with Crippen LogP contribution >= 0.6 is 0 Å². The number of hydrogen-bond donors (Lipinski definition) is 0. The second kappa shape index (κ2) is 10.4. The third kappa shape index (κ3) is 3.66. The van der Waals surface area contributed by atoms with Crippen LogP contribution in [-0.2, 0) is 0 Å². The smallest absolute Gasteiger partial charge is 0.00199 e. The van der Waals surface area contributed by atoms with E-state index in [0.717, 1.165) is 0 Å². The highest BCUT2D eigenvalue weighted by molar-refractivity contribution is 6.25. The van der Waals surface area contributed by atoms with Gasteiger partial charge in [0.25, 0.3) is 0 Å². The fourth-order valence-electron chi connectivity index (χ4n) is 9.65. The van der Waals surface area contributed by atoms with E-state index in [1.54, 1.807) is 0 Å². The molecule has 238 valence electrons. The highest BCUT2D eigenvalue weighted by atomic mass is 14.3. The Kier molecular flexibility index (Phi) is 5.59. The number of benzene rings is 10. The minimum Gasteiger partial charge on any atom is -0.0616 e. The van der Waals surface area contributed by atoms with Crippen molar-refractivity contribution in [2.45, 2.75) is 0 Å². The summed E-state index contributed by atoms with van der Waals surface area (Å²) in [5, 5.41) is 10.5. The Hall–Kier alpha value is -6.76. The predicted molar refractivity (Wildman–Crippen MR) is 222 cm³/mol. The quantitative estimate of drug-likeness (QED) is 0.178. The van der Waals surface area contributed by atoms with Crippen molar-refractivity contribution in [3.63, 3.8) is 0 Å². The van der Waals surface area contributed by atoms with Crippen LogP contribution in [0.1, 0.15) is 0 Å². The molecule has 10 aromatic rings. The SMILES string of the molecule is c1cc(-c2cccc3c2-c2cccc4c(-c5cccc6ccccc56)ccc-3c24)c2c(c1)-c1ccc(-c3cccc4ccccc34)c3cccc-2c13. The van der Waals surface area contributed by atoms with Crippen LogP contribution < -0.4 is 0 Å². The molecular weight excluding hydrogens is 625 g/mol. The lowest BCUT2D eigenvalue weighted by molar-refractivity contribution is 1.61. The van der Waals surface area contributed by atoms with Crippen LogP contribution in [0.2, 0.25) is 0 Å². The molecule has 0 atom stereocenters. The molecule has 52 heavy (non-hydrogen) atoms. The highest BCUT2D eigenvalue weighted by Crippen LogP contribution is 2.57. The molecule has 0 heteroatoms. The molecule has 0 N–H and O–H groups in total. The Morgan fingerprint density at radius 2 is 0.462 bits per heavy atom. The summed E-state index contributed by atoms with van der Waals surface area (Å²) >= 11 is 0. The lowest BCUT2D eigenvalue weighted by Gasteiger charge is -2.15. The Bertz CT molecular complexity index is 2950. The first-order chi connectivity index (χ1) is 25.8. The van der Waals surface area contributed by atoms with Crippen LogP contribution in [0, 0.1) is 0 Å². The zero-order valence-electron chi connectivity index (χ0n) is 28.3.